The summed E-state index contributed by atoms with van der Waals surface area (Å²) in [7, 11) is 0. The van der Waals surface area contributed by atoms with Crippen LogP contribution in [0, 0.1) is 12.8 Å². The minimum Gasteiger partial charge on any atom is -0.491 e. The van der Waals surface area contributed by atoms with Crippen LogP contribution in [-0.2, 0) is 9.59 Å². The number of anilines is 1. The Morgan fingerprint density at radius 1 is 1.21 bits per heavy atom. The molecule has 0 spiro atoms. The van der Waals surface area contributed by atoms with Crippen LogP contribution in [0.4, 0.5) is 10.5 Å². The van der Waals surface area contributed by atoms with Gasteiger partial charge in [-0.3, -0.25) is 14.5 Å². The Morgan fingerprint density at radius 2 is 1.97 bits per heavy atom. The van der Waals surface area contributed by atoms with Crippen LogP contribution in [0.1, 0.15) is 51.5 Å². The van der Waals surface area contributed by atoms with E-state index in [9.17, 15) is 14.4 Å². The van der Waals surface area contributed by atoms with Gasteiger partial charge in [0.2, 0.25) is 5.91 Å². The average Bonchev–Trinajstić information content (AvgIpc) is 3.24. The van der Waals surface area contributed by atoms with E-state index in [1.165, 1.54) is 17.8 Å². The third-order valence-electron chi connectivity index (χ3n) is 7.69. The van der Waals surface area contributed by atoms with Gasteiger partial charge in [0.25, 0.3) is 5.91 Å². The van der Waals surface area contributed by atoms with E-state index in [-0.39, 0.29) is 53.4 Å². The normalized spacial score (nSPS) is 28.5. The molecule has 0 bridgehead atoms. The predicted octanol–water partition coefficient (Wildman–Crippen LogP) is 3.30. The number of ether oxygens (including phenoxy) is 1. The number of urea groups is 1. The van der Waals surface area contributed by atoms with Crippen molar-refractivity contribution in [2.75, 3.05) is 11.4 Å². The second kappa shape index (κ2) is 11.0. The Morgan fingerprint density at radius 3 is 2.68 bits per heavy atom. The minimum absolute atomic E-state index is 0.0100. The number of thioether (sulfide) groups is 1. The van der Waals surface area contributed by atoms with Gasteiger partial charge in [-0.1, -0.05) is 18.3 Å². The number of aryl methyl sites for hydroxylation is 1. The number of amides is 4. The van der Waals surface area contributed by atoms with Crippen molar-refractivity contribution < 1.29 is 19.1 Å². The summed E-state index contributed by atoms with van der Waals surface area (Å²) in [6.45, 7) is 10.3. The molecule has 3 aliphatic heterocycles. The zero-order chi connectivity index (χ0) is 27.0. The summed E-state index contributed by atoms with van der Waals surface area (Å²) in [6.07, 6.45) is 5.50. The van der Waals surface area contributed by atoms with Crippen molar-refractivity contribution in [3.63, 3.8) is 0 Å². The van der Waals surface area contributed by atoms with Gasteiger partial charge in [0.15, 0.2) is 0 Å². The fraction of sp³-hybridized carbons (Fsp3) is 0.536. The molecule has 1 aromatic rings. The molecule has 5 atom stereocenters. The van der Waals surface area contributed by atoms with Crippen molar-refractivity contribution in [2.24, 2.45) is 5.92 Å². The van der Waals surface area contributed by atoms with Crippen molar-refractivity contribution in [3.05, 3.63) is 47.0 Å². The van der Waals surface area contributed by atoms with Crippen molar-refractivity contribution in [1.29, 1.82) is 0 Å². The van der Waals surface area contributed by atoms with E-state index in [0.717, 1.165) is 54.9 Å². The summed E-state index contributed by atoms with van der Waals surface area (Å²) in [5, 5.41) is 12.8. The van der Waals surface area contributed by atoms with E-state index >= 15 is 0 Å². The van der Waals surface area contributed by atoms with Crippen molar-refractivity contribution >= 4 is 35.3 Å². The topological polar surface area (TPSA) is 112 Å². The number of piperidine rings is 1. The van der Waals surface area contributed by atoms with Gasteiger partial charge in [-0.2, -0.15) is 0 Å². The van der Waals surface area contributed by atoms with E-state index in [1.54, 1.807) is 0 Å². The van der Waals surface area contributed by atoms with E-state index in [2.05, 4.69) is 27.8 Å². The lowest BCUT2D eigenvalue weighted by atomic mass is 9.86. The Balaban J connectivity index is 1.34. The van der Waals surface area contributed by atoms with Crippen LogP contribution in [0.15, 0.2) is 41.5 Å². The molecule has 3 heterocycles. The Labute approximate surface area is 228 Å². The number of hydrogen-bond acceptors (Lipinski definition) is 6. The van der Waals surface area contributed by atoms with Gasteiger partial charge >= 0.3 is 6.03 Å². The Bertz CT molecular complexity index is 1170. The van der Waals surface area contributed by atoms with E-state index < -0.39 is 0 Å². The average molecular weight is 540 g/mol. The maximum atomic E-state index is 13.5. The van der Waals surface area contributed by atoms with Gasteiger partial charge in [0.05, 0.1) is 22.4 Å². The number of nitrogens with one attached hydrogen (secondary N) is 4. The molecule has 4 amide bonds. The van der Waals surface area contributed by atoms with Gasteiger partial charge in [0, 0.05) is 29.4 Å². The number of rotatable bonds is 7. The molecule has 204 valence electrons. The predicted molar refractivity (Wildman–Crippen MR) is 149 cm³/mol. The molecule has 1 aromatic carbocycles. The zero-order valence-electron chi connectivity index (χ0n) is 22.2. The highest BCUT2D eigenvalue weighted by molar-refractivity contribution is 8.04. The van der Waals surface area contributed by atoms with Crippen molar-refractivity contribution in [1.82, 2.24) is 21.3 Å². The smallest absolute Gasteiger partial charge is 0.326 e. The summed E-state index contributed by atoms with van der Waals surface area (Å²) >= 11 is 1.51. The second-order valence-corrected chi connectivity index (χ2v) is 11.9. The quantitative estimate of drug-likeness (QED) is 0.396. The van der Waals surface area contributed by atoms with Crippen LogP contribution < -0.4 is 30.9 Å². The molecule has 0 aromatic heterocycles. The summed E-state index contributed by atoms with van der Waals surface area (Å²) in [6, 6.07) is 5.58. The van der Waals surface area contributed by atoms with Crippen LogP contribution in [0.2, 0.25) is 0 Å². The van der Waals surface area contributed by atoms with Crippen LogP contribution in [0.25, 0.3) is 0 Å². The number of benzene rings is 1. The van der Waals surface area contributed by atoms with Gasteiger partial charge in [-0.15, -0.1) is 0 Å². The molecule has 10 heteroatoms. The third-order valence-corrected chi connectivity index (χ3v) is 9.04. The number of hydrogen-bond donors (Lipinski definition) is 4. The third kappa shape index (κ3) is 5.29. The largest absolute Gasteiger partial charge is 0.491 e. The standard InChI is InChI=1S/C28H37N5O4S/c1-5-22(34)30-17-7-6-8-18(14-17)31-26(35)25-24-23-21(11-12-29-27(23)38-25)33(28(36)32-24)20-10-9-19(13-16(20)4)37-15(2)3/h5,9-10,13,15,17-18,21,23,27,29H,1,6-8,11-12,14H2,2-4H3,(H,30,34)(H,31,35)(H,32,36)/t17-,18-,21?,23?,27?/m1/s1. The van der Waals surface area contributed by atoms with Crippen LogP contribution in [0.3, 0.4) is 0 Å². The van der Waals surface area contributed by atoms with Crippen molar-refractivity contribution in [2.45, 2.75) is 82.5 Å². The van der Waals surface area contributed by atoms with Crippen LogP contribution in [-0.4, -0.2) is 54.0 Å². The molecule has 9 nitrogen and oxygen atoms in total. The molecule has 38 heavy (non-hydrogen) atoms. The Kier molecular flexibility index (Phi) is 7.72. The zero-order valence-corrected chi connectivity index (χ0v) is 23.0. The lowest BCUT2D eigenvalue weighted by Gasteiger charge is -2.46. The molecular weight excluding hydrogens is 502 g/mol. The molecule has 3 unspecified atom stereocenters. The molecule has 5 rings (SSSR count). The first-order valence-corrected chi connectivity index (χ1v) is 14.4. The molecule has 1 aliphatic carbocycles. The fourth-order valence-corrected chi connectivity index (χ4v) is 7.51. The molecule has 1 saturated carbocycles. The van der Waals surface area contributed by atoms with E-state index in [0.29, 0.717) is 11.3 Å². The molecule has 4 N–H and O–H groups in total. The molecular formula is C28H37N5O4S. The maximum Gasteiger partial charge on any atom is 0.326 e. The van der Waals surface area contributed by atoms with Gasteiger partial charge < -0.3 is 26.0 Å². The highest BCUT2D eigenvalue weighted by Gasteiger charge is 2.52. The van der Waals surface area contributed by atoms with Crippen LogP contribution >= 0.6 is 11.8 Å². The number of carbonyl (C=O) groups is 3. The first-order valence-electron chi connectivity index (χ1n) is 13.5. The van der Waals surface area contributed by atoms with Crippen LogP contribution in [0.5, 0.6) is 5.75 Å². The first kappa shape index (κ1) is 26.6. The molecule has 2 saturated heterocycles. The fourth-order valence-electron chi connectivity index (χ4n) is 6.11. The van der Waals surface area contributed by atoms with E-state index in [4.69, 9.17) is 4.74 Å². The summed E-state index contributed by atoms with van der Waals surface area (Å²) < 4.78 is 5.84. The summed E-state index contributed by atoms with van der Waals surface area (Å²) in [5.74, 6) is 0.433. The number of nitrogens with zero attached hydrogens (tertiary/aromatic N) is 1. The lowest BCUT2D eigenvalue weighted by Crippen LogP contribution is -2.62. The maximum absolute atomic E-state index is 13.5. The minimum atomic E-state index is -0.208. The molecule has 4 aliphatic rings. The van der Waals surface area contributed by atoms with Gasteiger partial charge in [-0.05, 0) is 89.3 Å². The highest BCUT2D eigenvalue weighted by Crippen LogP contribution is 2.48. The summed E-state index contributed by atoms with van der Waals surface area (Å²) in [5.41, 5.74) is 2.56. The summed E-state index contributed by atoms with van der Waals surface area (Å²) in [4.78, 5) is 41.2. The van der Waals surface area contributed by atoms with E-state index in [1.807, 2.05) is 43.9 Å². The molecule has 3 fully saturated rings. The first-order chi connectivity index (χ1) is 18.2. The van der Waals surface area contributed by atoms with Gasteiger partial charge in [0.1, 0.15) is 5.75 Å². The monoisotopic (exact) mass is 539 g/mol. The SMILES string of the molecule is C=CC(=O)N[C@@H]1CCC[C@@H](NC(=O)C2=C3NC(=O)N(c4ccc(OC(C)C)cc4C)C4CCNC(S2)C34)C1. The molecule has 0 radical (unpaired) electrons. The number of carbonyl (C=O) groups excluding carboxylic acids is 3. The highest BCUT2D eigenvalue weighted by atomic mass is 32.2. The van der Waals surface area contributed by atoms with Crippen molar-refractivity contribution in [3.8, 4) is 5.75 Å². The van der Waals surface area contributed by atoms with Gasteiger partial charge in [-0.25, -0.2) is 4.79 Å². The second-order valence-electron chi connectivity index (χ2n) is 10.8. The lowest BCUT2D eigenvalue weighted by molar-refractivity contribution is -0.117. The Hall–Kier alpha value is -2.98.